The Labute approximate surface area is 309 Å². The highest BCUT2D eigenvalue weighted by Gasteiger charge is 2.19. The highest BCUT2D eigenvalue weighted by atomic mass is 15.1. The highest BCUT2D eigenvalue weighted by molar-refractivity contribution is 6.22. The third-order valence-electron chi connectivity index (χ3n) is 10.7. The van der Waals surface area contributed by atoms with Crippen LogP contribution in [0.5, 0.6) is 0 Å². The Bertz CT molecular complexity index is 2960. The summed E-state index contributed by atoms with van der Waals surface area (Å²) < 4.78 is 2.30. The minimum Gasteiger partial charge on any atom is -0.296 e. The SMILES string of the molecule is CCc1nc2ccccc2n1-c1ccc2cc(-c3c4ccccc4c(-c4ccc(-c5ccccc5)cc4)c4cc(-c5ccccc5)ccc34)ccc2c1. The average Bonchev–Trinajstić information content (AvgIpc) is 3.62. The van der Waals surface area contributed by atoms with Crippen LogP contribution in [0.3, 0.4) is 0 Å². The number of imidazole rings is 1. The highest BCUT2D eigenvalue weighted by Crippen LogP contribution is 2.45. The van der Waals surface area contributed by atoms with Gasteiger partial charge < -0.3 is 0 Å². The molecule has 0 saturated heterocycles. The van der Waals surface area contributed by atoms with Gasteiger partial charge in [-0.3, -0.25) is 4.57 Å². The summed E-state index contributed by atoms with van der Waals surface area (Å²) in [5.41, 5.74) is 13.1. The Morgan fingerprint density at radius 2 is 0.925 bits per heavy atom. The van der Waals surface area contributed by atoms with Crippen LogP contribution < -0.4 is 0 Å². The van der Waals surface area contributed by atoms with Crippen molar-refractivity contribution in [2.24, 2.45) is 0 Å². The number of nitrogens with zero attached hydrogens (tertiary/aromatic N) is 2. The van der Waals surface area contributed by atoms with Gasteiger partial charge in [0.1, 0.15) is 5.82 Å². The van der Waals surface area contributed by atoms with Crippen LogP contribution >= 0.6 is 0 Å². The molecule has 10 rings (SSSR count). The van der Waals surface area contributed by atoms with Gasteiger partial charge in [-0.25, -0.2) is 4.98 Å². The van der Waals surface area contributed by atoms with Crippen LogP contribution in [-0.4, -0.2) is 9.55 Å². The molecule has 1 heterocycles. The Hall–Kier alpha value is -6.77. The molecule has 10 aromatic rings. The number of hydrogen-bond acceptors (Lipinski definition) is 1. The second kappa shape index (κ2) is 12.8. The average molecular weight is 677 g/mol. The Morgan fingerprint density at radius 3 is 1.66 bits per heavy atom. The molecule has 0 bridgehead atoms. The monoisotopic (exact) mass is 676 g/mol. The second-order valence-electron chi connectivity index (χ2n) is 13.8. The van der Waals surface area contributed by atoms with E-state index in [2.05, 4.69) is 200 Å². The third kappa shape index (κ3) is 5.30. The molecule has 0 unspecified atom stereocenters. The van der Waals surface area contributed by atoms with Gasteiger partial charge in [-0.2, -0.15) is 0 Å². The van der Waals surface area contributed by atoms with Gasteiger partial charge in [-0.1, -0.05) is 159 Å². The third-order valence-corrected chi connectivity index (χ3v) is 10.7. The number of fused-ring (bicyclic) bond motifs is 4. The van der Waals surface area contributed by atoms with Gasteiger partial charge in [-0.15, -0.1) is 0 Å². The van der Waals surface area contributed by atoms with E-state index in [4.69, 9.17) is 4.98 Å². The van der Waals surface area contributed by atoms with Crippen molar-refractivity contribution in [2.75, 3.05) is 0 Å². The number of aromatic nitrogens is 2. The zero-order chi connectivity index (χ0) is 35.3. The quantitative estimate of drug-likeness (QED) is 0.160. The van der Waals surface area contributed by atoms with Gasteiger partial charge in [-0.05, 0) is 113 Å². The first kappa shape index (κ1) is 31.0. The normalized spacial score (nSPS) is 11.6. The number of hydrogen-bond donors (Lipinski definition) is 0. The lowest BCUT2D eigenvalue weighted by Crippen LogP contribution is -2.00. The van der Waals surface area contributed by atoms with Crippen molar-refractivity contribution in [1.82, 2.24) is 9.55 Å². The molecule has 2 heteroatoms. The van der Waals surface area contributed by atoms with Crippen molar-refractivity contribution in [3.63, 3.8) is 0 Å². The van der Waals surface area contributed by atoms with E-state index in [0.717, 1.165) is 29.0 Å². The van der Waals surface area contributed by atoms with E-state index in [1.807, 2.05) is 0 Å². The summed E-state index contributed by atoms with van der Waals surface area (Å²) in [5, 5.41) is 7.43. The van der Waals surface area contributed by atoms with E-state index in [9.17, 15) is 0 Å². The first-order valence-electron chi connectivity index (χ1n) is 18.4. The first-order chi connectivity index (χ1) is 26.2. The van der Waals surface area contributed by atoms with E-state index >= 15 is 0 Å². The van der Waals surface area contributed by atoms with Gasteiger partial charge in [0.15, 0.2) is 0 Å². The van der Waals surface area contributed by atoms with E-state index in [0.29, 0.717) is 0 Å². The van der Waals surface area contributed by atoms with E-state index in [1.54, 1.807) is 0 Å². The molecular weight excluding hydrogens is 641 g/mol. The maximum atomic E-state index is 4.93. The summed E-state index contributed by atoms with van der Waals surface area (Å²) in [6.45, 7) is 2.17. The van der Waals surface area contributed by atoms with Crippen LogP contribution in [0.1, 0.15) is 12.7 Å². The summed E-state index contributed by atoms with van der Waals surface area (Å²) in [6.07, 6.45) is 0.866. The van der Waals surface area contributed by atoms with Crippen LogP contribution in [0.25, 0.3) is 93.5 Å². The number of benzene rings is 9. The van der Waals surface area contributed by atoms with Gasteiger partial charge in [0.05, 0.1) is 11.0 Å². The van der Waals surface area contributed by atoms with Crippen molar-refractivity contribution in [1.29, 1.82) is 0 Å². The van der Waals surface area contributed by atoms with Crippen LogP contribution in [0.2, 0.25) is 0 Å². The Kier molecular flexibility index (Phi) is 7.47. The second-order valence-corrected chi connectivity index (χ2v) is 13.8. The molecule has 0 N–H and O–H groups in total. The van der Waals surface area contributed by atoms with Crippen molar-refractivity contribution in [2.45, 2.75) is 13.3 Å². The minimum atomic E-state index is 0.866. The summed E-state index contributed by atoms with van der Waals surface area (Å²) in [6, 6.07) is 68.6. The Morgan fingerprint density at radius 1 is 0.396 bits per heavy atom. The van der Waals surface area contributed by atoms with Gasteiger partial charge in [0, 0.05) is 12.1 Å². The Balaban J connectivity index is 1.18. The molecule has 0 fully saturated rings. The predicted molar refractivity (Wildman–Crippen MR) is 225 cm³/mol. The zero-order valence-electron chi connectivity index (χ0n) is 29.5. The van der Waals surface area contributed by atoms with Crippen molar-refractivity contribution < 1.29 is 0 Å². The molecule has 0 saturated carbocycles. The van der Waals surface area contributed by atoms with Crippen LogP contribution in [0.15, 0.2) is 188 Å². The van der Waals surface area contributed by atoms with Crippen LogP contribution in [-0.2, 0) is 6.42 Å². The molecule has 0 atom stereocenters. The molecule has 0 spiro atoms. The molecule has 0 aliphatic carbocycles. The van der Waals surface area contributed by atoms with Crippen LogP contribution in [0, 0.1) is 0 Å². The lowest BCUT2D eigenvalue weighted by Gasteiger charge is -2.19. The maximum absolute atomic E-state index is 4.93. The van der Waals surface area contributed by atoms with Crippen LogP contribution in [0.4, 0.5) is 0 Å². The van der Waals surface area contributed by atoms with E-state index < -0.39 is 0 Å². The smallest absolute Gasteiger partial charge is 0.114 e. The predicted octanol–water partition coefficient (Wildman–Crippen LogP) is 13.7. The summed E-state index contributed by atoms with van der Waals surface area (Å²) in [5.74, 6) is 1.07. The molecule has 0 aliphatic heterocycles. The van der Waals surface area contributed by atoms with Gasteiger partial charge in [0.25, 0.3) is 0 Å². The zero-order valence-corrected chi connectivity index (χ0v) is 29.5. The molecule has 250 valence electrons. The first-order valence-corrected chi connectivity index (χ1v) is 18.4. The molecule has 0 radical (unpaired) electrons. The minimum absolute atomic E-state index is 0.866. The number of aryl methyl sites for hydroxylation is 1. The molecular formula is C51H36N2. The van der Waals surface area contributed by atoms with Gasteiger partial charge in [0.2, 0.25) is 0 Å². The van der Waals surface area contributed by atoms with Gasteiger partial charge >= 0.3 is 0 Å². The van der Waals surface area contributed by atoms with E-state index in [1.165, 1.54) is 76.8 Å². The van der Waals surface area contributed by atoms with E-state index in [-0.39, 0.29) is 0 Å². The molecule has 9 aromatic carbocycles. The fraction of sp³-hybridized carbons (Fsp3) is 0.0392. The number of para-hydroxylation sites is 2. The lowest BCUT2D eigenvalue weighted by atomic mass is 9.84. The fourth-order valence-corrected chi connectivity index (χ4v) is 8.20. The molecule has 53 heavy (non-hydrogen) atoms. The molecule has 0 aliphatic rings. The summed E-state index contributed by atoms with van der Waals surface area (Å²) in [4.78, 5) is 4.93. The standard InChI is InChI=1S/C51H36N2/c1-2-49-52-47-19-11-12-20-48(47)53(49)42-29-27-38-31-41(26-25-39(38)32-42)51-44-18-10-9-17-43(44)50(37-23-21-36(22-24-37)34-13-5-3-6-14-34)46-33-40(28-30-45(46)51)35-15-7-4-8-16-35/h3-33H,2H2,1H3. The summed E-state index contributed by atoms with van der Waals surface area (Å²) in [7, 11) is 0. The molecule has 0 amide bonds. The summed E-state index contributed by atoms with van der Waals surface area (Å²) >= 11 is 0. The van der Waals surface area contributed by atoms with Crippen molar-refractivity contribution in [3.8, 4) is 50.2 Å². The molecule has 2 nitrogen and oxygen atoms in total. The maximum Gasteiger partial charge on any atom is 0.114 e. The van der Waals surface area contributed by atoms with Crippen molar-refractivity contribution in [3.05, 3.63) is 194 Å². The molecule has 1 aromatic heterocycles. The van der Waals surface area contributed by atoms with Crippen molar-refractivity contribution >= 4 is 43.4 Å². The number of rotatable bonds is 6. The fourth-order valence-electron chi connectivity index (χ4n) is 8.20. The lowest BCUT2D eigenvalue weighted by molar-refractivity contribution is 0.909. The topological polar surface area (TPSA) is 17.8 Å². The largest absolute Gasteiger partial charge is 0.296 e.